The van der Waals surface area contributed by atoms with Crippen LogP contribution >= 0.6 is 11.3 Å². The van der Waals surface area contributed by atoms with Crippen molar-refractivity contribution in [2.24, 2.45) is 0 Å². The normalized spacial score (nSPS) is 11.4. The molecule has 8 heteroatoms. The Morgan fingerprint density at radius 3 is 2.69 bits per heavy atom. The van der Waals surface area contributed by atoms with Crippen molar-refractivity contribution in [2.45, 2.75) is 20.0 Å². The number of amides is 1. The van der Waals surface area contributed by atoms with Crippen molar-refractivity contribution in [3.8, 4) is 11.8 Å². The Labute approximate surface area is 187 Å². The molecule has 2 N–H and O–H groups in total. The number of aromatic carboxylic acids is 1. The van der Waals surface area contributed by atoms with Crippen LogP contribution in [-0.2, 0) is 4.74 Å². The van der Waals surface area contributed by atoms with Crippen LogP contribution < -0.4 is 5.32 Å². The first kappa shape index (κ1) is 21.2. The van der Waals surface area contributed by atoms with Crippen molar-refractivity contribution in [1.82, 2.24) is 5.16 Å². The molecule has 0 spiro atoms. The maximum atomic E-state index is 12.4. The lowest BCUT2D eigenvalue weighted by molar-refractivity contribution is 0.0702. The molecule has 32 heavy (non-hydrogen) atoms. The number of carboxylic acids is 1. The fourth-order valence-electron chi connectivity index (χ4n) is 3.03. The van der Waals surface area contributed by atoms with Gasteiger partial charge in [0.25, 0.3) is 0 Å². The van der Waals surface area contributed by atoms with Crippen molar-refractivity contribution in [1.29, 1.82) is 0 Å². The van der Waals surface area contributed by atoms with Gasteiger partial charge in [0.1, 0.15) is 22.4 Å². The number of ether oxygens (including phenoxy) is 1. The highest BCUT2D eigenvalue weighted by Crippen LogP contribution is 2.27. The summed E-state index contributed by atoms with van der Waals surface area (Å²) in [5.74, 6) is 5.08. The number of hydrogen-bond donors (Lipinski definition) is 2. The average Bonchev–Trinajstić information content (AvgIpc) is 3.36. The van der Waals surface area contributed by atoms with E-state index in [2.05, 4.69) is 22.3 Å². The standard InChI is InChI=1S/C24H18N2O5S/c1-14-22(25-24(29)30-15(2)17-6-4-3-5-7-17)19(31-26-14)11-9-16-8-10-18-13-21(23(27)28)32-20(18)12-16/h3-8,10,12-13,15H,1-2H3,(H,25,29)(H,27,28). The van der Waals surface area contributed by atoms with Crippen LogP contribution in [0.5, 0.6) is 0 Å². The van der Waals surface area contributed by atoms with Crippen LogP contribution in [-0.4, -0.2) is 22.3 Å². The second kappa shape index (κ2) is 8.96. The van der Waals surface area contributed by atoms with Gasteiger partial charge in [-0.3, -0.25) is 5.32 Å². The molecule has 0 aliphatic heterocycles. The number of anilines is 1. The molecule has 0 saturated heterocycles. The molecule has 0 saturated carbocycles. The molecular weight excluding hydrogens is 428 g/mol. The number of carbonyl (C=O) groups is 2. The van der Waals surface area contributed by atoms with Gasteiger partial charge in [0, 0.05) is 10.3 Å². The van der Waals surface area contributed by atoms with Gasteiger partial charge in [0.05, 0.1) is 0 Å². The Balaban J connectivity index is 1.51. The number of nitrogens with one attached hydrogen (secondary N) is 1. The SMILES string of the molecule is Cc1noc(C#Cc2ccc3cc(C(=O)O)sc3c2)c1NC(=O)OC(C)c1ccccc1. The average molecular weight is 446 g/mol. The topological polar surface area (TPSA) is 102 Å². The number of hydrogen-bond acceptors (Lipinski definition) is 6. The zero-order valence-corrected chi connectivity index (χ0v) is 18.0. The summed E-state index contributed by atoms with van der Waals surface area (Å²) in [5, 5.41) is 16.5. The third-order valence-electron chi connectivity index (χ3n) is 4.69. The zero-order valence-electron chi connectivity index (χ0n) is 17.2. The monoisotopic (exact) mass is 446 g/mol. The molecule has 0 radical (unpaired) electrons. The maximum absolute atomic E-state index is 12.4. The van der Waals surface area contributed by atoms with Gasteiger partial charge in [0.15, 0.2) is 0 Å². The van der Waals surface area contributed by atoms with E-state index < -0.39 is 18.2 Å². The molecule has 2 aromatic heterocycles. The van der Waals surface area contributed by atoms with Gasteiger partial charge < -0.3 is 14.4 Å². The lowest BCUT2D eigenvalue weighted by Gasteiger charge is -2.13. The zero-order chi connectivity index (χ0) is 22.7. The molecule has 2 aromatic carbocycles. The summed E-state index contributed by atoms with van der Waals surface area (Å²) >= 11 is 1.18. The summed E-state index contributed by atoms with van der Waals surface area (Å²) in [7, 11) is 0. The van der Waals surface area contributed by atoms with E-state index >= 15 is 0 Å². The molecule has 0 aliphatic rings. The number of rotatable bonds is 4. The molecule has 0 aliphatic carbocycles. The van der Waals surface area contributed by atoms with Crippen molar-refractivity contribution < 1.29 is 24.0 Å². The van der Waals surface area contributed by atoms with Crippen LogP contribution in [0, 0.1) is 18.8 Å². The third kappa shape index (κ3) is 4.63. The number of aryl methyl sites for hydroxylation is 1. The largest absolute Gasteiger partial charge is 0.477 e. The maximum Gasteiger partial charge on any atom is 0.412 e. The lowest BCUT2D eigenvalue weighted by Crippen LogP contribution is -2.16. The van der Waals surface area contributed by atoms with Crippen LogP contribution in [0.2, 0.25) is 0 Å². The van der Waals surface area contributed by atoms with Crippen molar-refractivity contribution in [3.05, 3.63) is 82.1 Å². The fraction of sp³-hybridized carbons (Fsp3) is 0.125. The summed E-state index contributed by atoms with van der Waals surface area (Å²) in [4.78, 5) is 23.8. The second-order valence-electron chi connectivity index (χ2n) is 6.97. The molecule has 4 aromatic rings. The number of carboxylic acid groups (broad SMARTS) is 1. The molecule has 2 heterocycles. The predicted molar refractivity (Wildman–Crippen MR) is 121 cm³/mol. The van der Waals surface area contributed by atoms with E-state index in [0.29, 0.717) is 16.9 Å². The van der Waals surface area contributed by atoms with E-state index in [-0.39, 0.29) is 10.6 Å². The number of thiophene rings is 1. The lowest BCUT2D eigenvalue weighted by atomic mass is 10.1. The predicted octanol–water partition coefficient (Wildman–Crippen LogP) is 5.61. The van der Waals surface area contributed by atoms with Crippen LogP contribution in [0.3, 0.4) is 0 Å². The summed E-state index contributed by atoms with van der Waals surface area (Å²) in [6.07, 6.45) is -1.07. The Hall–Kier alpha value is -4.09. The quantitative estimate of drug-likeness (QED) is 0.395. The van der Waals surface area contributed by atoms with E-state index in [4.69, 9.17) is 14.4 Å². The molecule has 1 atom stereocenters. The molecular formula is C24H18N2O5S. The number of carbonyl (C=O) groups excluding carboxylic acids is 1. The van der Waals surface area contributed by atoms with Crippen LogP contribution in [0.1, 0.15) is 45.3 Å². The van der Waals surface area contributed by atoms with Gasteiger partial charge in [-0.2, -0.15) is 0 Å². The minimum Gasteiger partial charge on any atom is -0.477 e. The number of aromatic nitrogens is 1. The summed E-state index contributed by atoms with van der Waals surface area (Å²) in [5.41, 5.74) is 2.36. The molecule has 160 valence electrons. The van der Waals surface area contributed by atoms with Gasteiger partial charge in [-0.25, -0.2) is 9.59 Å². The van der Waals surface area contributed by atoms with E-state index in [0.717, 1.165) is 15.6 Å². The smallest absolute Gasteiger partial charge is 0.412 e. The molecule has 0 fully saturated rings. The minimum absolute atomic E-state index is 0.198. The van der Waals surface area contributed by atoms with Gasteiger partial charge in [-0.15, -0.1) is 11.3 Å². The summed E-state index contributed by atoms with van der Waals surface area (Å²) in [6, 6.07) is 16.4. The van der Waals surface area contributed by atoms with E-state index in [1.165, 1.54) is 11.3 Å². The Morgan fingerprint density at radius 2 is 1.94 bits per heavy atom. The Morgan fingerprint density at radius 1 is 1.16 bits per heavy atom. The highest BCUT2D eigenvalue weighted by molar-refractivity contribution is 7.20. The minimum atomic E-state index is -0.958. The summed E-state index contributed by atoms with van der Waals surface area (Å²) < 4.78 is 11.5. The first-order valence-electron chi connectivity index (χ1n) is 9.68. The van der Waals surface area contributed by atoms with E-state index in [9.17, 15) is 9.59 Å². The molecule has 4 rings (SSSR count). The van der Waals surface area contributed by atoms with Crippen LogP contribution in [0.15, 0.2) is 59.1 Å². The molecule has 1 unspecified atom stereocenters. The van der Waals surface area contributed by atoms with Gasteiger partial charge in [0.2, 0.25) is 5.76 Å². The Kier molecular flexibility index (Phi) is 5.92. The first-order valence-corrected chi connectivity index (χ1v) is 10.5. The number of fused-ring (bicyclic) bond motifs is 1. The number of benzene rings is 2. The molecule has 1 amide bonds. The van der Waals surface area contributed by atoms with E-state index in [1.807, 2.05) is 42.5 Å². The highest BCUT2D eigenvalue weighted by atomic mass is 32.1. The van der Waals surface area contributed by atoms with Crippen LogP contribution in [0.4, 0.5) is 10.5 Å². The van der Waals surface area contributed by atoms with Crippen molar-refractivity contribution in [2.75, 3.05) is 5.32 Å². The highest BCUT2D eigenvalue weighted by Gasteiger charge is 2.17. The summed E-state index contributed by atoms with van der Waals surface area (Å²) in [6.45, 7) is 3.47. The van der Waals surface area contributed by atoms with Gasteiger partial charge in [-0.1, -0.05) is 47.5 Å². The first-order chi connectivity index (χ1) is 15.4. The molecule has 7 nitrogen and oxygen atoms in total. The fourth-order valence-corrected chi connectivity index (χ4v) is 3.97. The number of nitrogens with zero attached hydrogens (tertiary/aromatic N) is 1. The van der Waals surface area contributed by atoms with Crippen molar-refractivity contribution >= 4 is 39.2 Å². The van der Waals surface area contributed by atoms with Crippen molar-refractivity contribution in [3.63, 3.8) is 0 Å². The Bertz CT molecular complexity index is 1360. The second-order valence-corrected chi connectivity index (χ2v) is 8.06. The third-order valence-corrected chi connectivity index (χ3v) is 5.78. The van der Waals surface area contributed by atoms with Gasteiger partial charge in [-0.05, 0) is 48.9 Å². The van der Waals surface area contributed by atoms with Crippen LogP contribution in [0.25, 0.3) is 10.1 Å². The van der Waals surface area contributed by atoms with Gasteiger partial charge >= 0.3 is 12.1 Å². The van der Waals surface area contributed by atoms with E-state index in [1.54, 1.807) is 26.0 Å². The molecule has 0 bridgehead atoms.